The molecule has 2 saturated carbocycles. The van der Waals surface area contributed by atoms with Gasteiger partial charge in [-0.25, -0.2) is 4.39 Å². The van der Waals surface area contributed by atoms with E-state index in [1.54, 1.807) is 0 Å². The highest BCUT2D eigenvalue weighted by molar-refractivity contribution is 5.29. The molecule has 1 aliphatic heterocycles. The van der Waals surface area contributed by atoms with Crippen molar-refractivity contribution < 1.29 is 40.6 Å². The Bertz CT molecular complexity index is 1100. The summed E-state index contributed by atoms with van der Waals surface area (Å²) in [6.07, 6.45) is 18.8. The summed E-state index contributed by atoms with van der Waals surface area (Å²) in [6.45, 7) is 2.66. The fourth-order valence-corrected chi connectivity index (χ4v) is 8.22. The Hall–Kier alpha value is -1.74. The summed E-state index contributed by atoms with van der Waals surface area (Å²) in [5.74, 6) is 0.259. The average Bonchev–Trinajstić information content (AvgIpc) is 3.09. The fourth-order valence-electron chi connectivity index (χ4n) is 8.22. The van der Waals surface area contributed by atoms with E-state index >= 15 is 8.78 Å². The maximum absolute atomic E-state index is 15.1. The highest BCUT2D eigenvalue weighted by atomic mass is 19.4. The monoisotopic (exact) mass is 716 g/mol. The third-order valence-electron chi connectivity index (χ3n) is 11.4. The van der Waals surface area contributed by atoms with Crippen LogP contribution in [0.15, 0.2) is 30.4 Å². The van der Waals surface area contributed by atoms with Crippen LogP contribution in [-0.2, 0) is 15.9 Å². The van der Waals surface area contributed by atoms with Crippen molar-refractivity contribution in [2.24, 2.45) is 23.7 Å². The first-order chi connectivity index (χ1) is 24.0. The van der Waals surface area contributed by atoms with Crippen LogP contribution >= 0.6 is 0 Å². The standard InChI is InChI=1S/C41H62F6O3/c1-2-3-4-5-6-7-8-9-14-35-24-28-39(48-30-35)40(43,44)49-36-25-21-33(22-26-36)20-19-32-17-15-31(16-18-32)12-10-11-13-34-23-27-38(37(42)29-34)50-41(45,46)47/h19-20,23,27,29,31-33,35-36,39H,2-18,21-22,24-26,28,30H2,1H3/b20-19+. The molecule has 3 nitrogen and oxygen atoms in total. The van der Waals surface area contributed by atoms with Crippen LogP contribution in [0.3, 0.4) is 0 Å². The summed E-state index contributed by atoms with van der Waals surface area (Å²) in [5.41, 5.74) is 0.677. The number of alkyl halides is 5. The third kappa shape index (κ3) is 15.1. The molecule has 2 atom stereocenters. The lowest BCUT2D eigenvalue weighted by Crippen LogP contribution is -2.45. The zero-order valence-electron chi connectivity index (χ0n) is 30.3. The SMILES string of the molecule is CCCCCCCCCCC1CCC(C(F)(F)OC2CCC(/C=C/C3CCC(CCCCc4ccc(OC(F)(F)F)c(F)c4)CC3)CC2)OC1. The molecule has 286 valence electrons. The molecule has 50 heavy (non-hydrogen) atoms. The van der Waals surface area contributed by atoms with Crippen molar-refractivity contribution in [3.05, 3.63) is 41.7 Å². The van der Waals surface area contributed by atoms with Gasteiger partial charge in [-0.1, -0.05) is 89.4 Å². The summed E-state index contributed by atoms with van der Waals surface area (Å²) < 4.78 is 95.9. The van der Waals surface area contributed by atoms with Crippen molar-refractivity contribution in [3.63, 3.8) is 0 Å². The summed E-state index contributed by atoms with van der Waals surface area (Å²) in [6, 6.07) is 3.67. The Balaban J connectivity index is 1.03. The molecule has 4 rings (SSSR count). The number of ether oxygens (including phenoxy) is 3. The summed E-state index contributed by atoms with van der Waals surface area (Å²) in [7, 11) is 0. The summed E-state index contributed by atoms with van der Waals surface area (Å²) in [5, 5.41) is 0. The second-order valence-corrected chi connectivity index (χ2v) is 15.5. The molecule has 0 radical (unpaired) electrons. The van der Waals surface area contributed by atoms with Gasteiger partial charge in [0.25, 0.3) is 0 Å². The Morgan fingerprint density at radius 1 is 0.700 bits per heavy atom. The normalized spacial score (nSPS) is 26.8. The van der Waals surface area contributed by atoms with Gasteiger partial charge in [-0.2, -0.15) is 8.78 Å². The van der Waals surface area contributed by atoms with E-state index < -0.39 is 36.2 Å². The van der Waals surface area contributed by atoms with Crippen LogP contribution in [0.2, 0.25) is 0 Å². The minimum Gasteiger partial charge on any atom is -0.403 e. The number of aryl methyl sites for hydroxylation is 1. The second-order valence-electron chi connectivity index (χ2n) is 15.5. The van der Waals surface area contributed by atoms with E-state index in [0.29, 0.717) is 61.5 Å². The highest BCUT2D eigenvalue weighted by Crippen LogP contribution is 2.38. The quantitative estimate of drug-likeness (QED) is 0.0764. The van der Waals surface area contributed by atoms with E-state index in [2.05, 4.69) is 23.8 Å². The number of hydrogen-bond donors (Lipinski definition) is 0. The Labute approximate surface area is 297 Å². The van der Waals surface area contributed by atoms with Crippen molar-refractivity contribution in [3.8, 4) is 5.75 Å². The van der Waals surface area contributed by atoms with Crippen LogP contribution in [0.1, 0.15) is 154 Å². The van der Waals surface area contributed by atoms with Gasteiger partial charge in [0.2, 0.25) is 0 Å². The van der Waals surface area contributed by atoms with Gasteiger partial charge in [0.15, 0.2) is 11.6 Å². The number of rotatable bonds is 20. The van der Waals surface area contributed by atoms with Crippen molar-refractivity contribution in [2.75, 3.05) is 6.61 Å². The predicted octanol–water partition coefficient (Wildman–Crippen LogP) is 13.3. The smallest absolute Gasteiger partial charge is 0.403 e. The number of unbranched alkanes of at least 4 members (excludes halogenated alkanes) is 8. The van der Waals surface area contributed by atoms with E-state index in [1.165, 1.54) is 70.3 Å². The highest BCUT2D eigenvalue weighted by Gasteiger charge is 2.46. The second kappa shape index (κ2) is 21.1. The minimum absolute atomic E-state index is 0.373. The molecule has 2 aliphatic carbocycles. The van der Waals surface area contributed by atoms with Gasteiger partial charge in [0.05, 0.1) is 12.7 Å². The molecule has 2 unspecified atom stereocenters. The Morgan fingerprint density at radius 2 is 1.28 bits per heavy atom. The average molecular weight is 717 g/mol. The van der Waals surface area contributed by atoms with Crippen molar-refractivity contribution >= 4 is 0 Å². The van der Waals surface area contributed by atoms with E-state index in [-0.39, 0.29) is 0 Å². The molecule has 0 amide bonds. The molecular weight excluding hydrogens is 654 g/mol. The molecule has 0 spiro atoms. The lowest BCUT2D eigenvalue weighted by atomic mass is 9.78. The van der Waals surface area contributed by atoms with Gasteiger partial charge < -0.3 is 14.2 Å². The van der Waals surface area contributed by atoms with E-state index in [0.717, 1.165) is 69.9 Å². The van der Waals surface area contributed by atoms with Gasteiger partial charge in [-0.05, 0) is 125 Å². The molecule has 1 aromatic carbocycles. The summed E-state index contributed by atoms with van der Waals surface area (Å²) in [4.78, 5) is 0. The van der Waals surface area contributed by atoms with Gasteiger partial charge in [-0.15, -0.1) is 13.2 Å². The lowest BCUT2D eigenvalue weighted by molar-refractivity contribution is -0.326. The number of allylic oxidation sites excluding steroid dienone is 2. The molecule has 9 heteroatoms. The first-order valence-corrected chi connectivity index (χ1v) is 19.9. The predicted molar refractivity (Wildman–Crippen MR) is 187 cm³/mol. The number of benzene rings is 1. The number of halogens is 6. The molecule has 3 aliphatic rings. The zero-order chi connectivity index (χ0) is 35.8. The molecule has 0 aromatic heterocycles. The zero-order valence-corrected chi connectivity index (χ0v) is 30.3. The van der Waals surface area contributed by atoms with Crippen LogP contribution in [-0.4, -0.2) is 31.3 Å². The maximum atomic E-state index is 15.1. The molecule has 0 N–H and O–H groups in total. The number of hydrogen-bond acceptors (Lipinski definition) is 3. The fraction of sp³-hybridized carbons (Fsp3) is 0.805. The topological polar surface area (TPSA) is 27.7 Å². The van der Waals surface area contributed by atoms with Crippen molar-refractivity contribution in [1.82, 2.24) is 0 Å². The Kier molecular flexibility index (Phi) is 17.3. The largest absolute Gasteiger partial charge is 0.573 e. The first kappa shape index (κ1) is 41.0. The van der Waals surface area contributed by atoms with Crippen LogP contribution < -0.4 is 4.74 Å². The van der Waals surface area contributed by atoms with Crippen molar-refractivity contribution in [2.45, 2.75) is 179 Å². The van der Waals surface area contributed by atoms with Crippen LogP contribution in [0.25, 0.3) is 0 Å². The molecule has 1 saturated heterocycles. The van der Waals surface area contributed by atoms with Gasteiger partial charge in [0, 0.05) is 0 Å². The van der Waals surface area contributed by atoms with E-state index in [9.17, 15) is 17.6 Å². The van der Waals surface area contributed by atoms with E-state index in [4.69, 9.17) is 9.47 Å². The van der Waals surface area contributed by atoms with Crippen molar-refractivity contribution in [1.29, 1.82) is 0 Å². The first-order valence-electron chi connectivity index (χ1n) is 19.9. The summed E-state index contributed by atoms with van der Waals surface area (Å²) >= 11 is 0. The van der Waals surface area contributed by atoms with E-state index in [1.807, 2.05) is 0 Å². The van der Waals surface area contributed by atoms with Crippen LogP contribution in [0, 0.1) is 29.5 Å². The molecular formula is C41H62F6O3. The molecule has 1 aromatic rings. The van der Waals surface area contributed by atoms with Gasteiger partial charge >= 0.3 is 12.5 Å². The molecule has 3 fully saturated rings. The molecule has 1 heterocycles. The third-order valence-corrected chi connectivity index (χ3v) is 11.4. The lowest BCUT2D eigenvalue weighted by Gasteiger charge is -2.36. The Morgan fingerprint density at radius 3 is 1.88 bits per heavy atom. The van der Waals surface area contributed by atoms with Gasteiger partial charge in [0.1, 0.15) is 6.10 Å². The van der Waals surface area contributed by atoms with Crippen LogP contribution in [0.4, 0.5) is 26.3 Å². The van der Waals surface area contributed by atoms with Gasteiger partial charge in [-0.3, -0.25) is 0 Å². The van der Waals surface area contributed by atoms with Crippen LogP contribution in [0.5, 0.6) is 5.75 Å². The molecule has 0 bridgehead atoms. The maximum Gasteiger partial charge on any atom is 0.573 e. The minimum atomic E-state index is -4.91.